The van der Waals surface area contributed by atoms with Gasteiger partial charge >= 0.3 is 0 Å². The Morgan fingerprint density at radius 1 is 1.19 bits per heavy atom. The largest absolute Gasteiger partial charge is 0.487 e. The molecule has 0 amide bonds. The molecule has 2 unspecified atom stereocenters. The Morgan fingerprint density at radius 2 is 1.86 bits per heavy atom. The molecule has 0 N–H and O–H groups in total. The van der Waals surface area contributed by atoms with Crippen LogP contribution in [0.4, 0.5) is 0 Å². The molecule has 1 aliphatic carbocycles. The lowest BCUT2D eigenvalue weighted by Crippen LogP contribution is -2.52. The zero-order chi connectivity index (χ0) is 15.5. The lowest BCUT2D eigenvalue weighted by molar-refractivity contribution is -0.154. The average Bonchev–Trinajstić information content (AvgIpc) is 2.47. The molecule has 0 spiro atoms. The maximum Gasteiger partial charge on any atom is 0.169 e. The van der Waals surface area contributed by atoms with E-state index in [1.807, 2.05) is 19.1 Å². The van der Waals surface area contributed by atoms with Gasteiger partial charge in [0.25, 0.3) is 0 Å². The van der Waals surface area contributed by atoms with Crippen molar-refractivity contribution in [3.63, 3.8) is 0 Å². The van der Waals surface area contributed by atoms with Crippen molar-refractivity contribution in [2.45, 2.75) is 64.6 Å². The molecular formula is C18H26O3. The first-order chi connectivity index (χ1) is 9.97. The maximum absolute atomic E-state index is 11.6. The van der Waals surface area contributed by atoms with Crippen molar-refractivity contribution in [2.24, 2.45) is 0 Å². The summed E-state index contributed by atoms with van der Waals surface area (Å²) in [5, 5.41) is 0. The molecule has 0 aromatic heterocycles. The van der Waals surface area contributed by atoms with Gasteiger partial charge in [0, 0.05) is 13.0 Å². The van der Waals surface area contributed by atoms with E-state index >= 15 is 0 Å². The molecule has 0 heterocycles. The summed E-state index contributed by atoms with van der Waals surface area (Å²) >= 11 is 0. The highest BCUT2D eigenvalue weighted by molar-refractivity contribution is 5.90. The first-order valence-corrected chi connectivity index (χ1v) is 7.89. The predicted octanol–water partition coefficient (Wildman–Crippen LogP) is 3.89. The first-order valence-electron chi connectivity index (χ1n) is 7.89. The molecule has 1 aliphatic rings. The molecule has 3 heteroatoms. The van der Waals surface area contributed by atoms with Gasteiger partial charge in [-0.2, -0.15) is 0 Å². The zero-order valence-corrected chi connectivity index (χ0v) is 13.5. The van der Waals surface area contributed by atoms with E-state index in [0.717, 1.165) is 18.6 Å². The molecule has 0 bridgehead atoms. The predicted molar refractivity (Wildman–Crippen MR) is 83.8 cm³/mol. The molecule has 0 saturated heterocycles. The van der Waals surface area contributed by atoms with E-state index < -0.39 is 0 Å². The third-order valence-electron chi connectivity index (χ3n) is 4.37. The Kier molecular flexibility index (Phi) is 5.04. The first kappa shape index (κ1) is 16.0. The molecule has 116 valence electrons. The number of rotatable bonds is 7. The fourth-order valence-electron chi connectivity index (χ4n) is 2.38. The number of carbonyl (C=O) groups is 1. The van der Waals surface area contributed by atoms with Crippen LogP contribution in [0, 0.1) is 0 Å². The van der Waals surface area contributed by atoms with Gasteiger partial charge in [0.1, 0.15) is 11.9 Å². The summed E-state index contributed by atoms with van der Waals surface area (Å²) in [4.78, 5) is 11.6. The number of ketones is 1. The van der Waals surface area contributed by atoms with Crippen LogP contribution in [0.25, 0.3) is 0 Å². The van der Waals surface area contributed by atoms with E-state index in [9.17, 15) is 4.79 Å². The highest BCUT2D eigenvalue weighted by atomic mass is 16.5. The minimum atomic E-state index is -0.378. The van der Waals surface area contributed by atoms with E-state index in [4.69, 9.17) is 9.47 Å². The number of hydrogen-bond acceptors (Lipinski definition) is 3. The van der Waals surface area contributed by atoms with Crippen LogP contribution >= 0.6 is 0 Å². The second-order valence-corrected chi connectivity index (χ2v) is 6.38. The molecule has 1 aromatic carbocycles. The smallest absolute Gasteiger partial charge is 0.169 e. The highest BCUT2D eigenvalue weighted by Gasteiger charge is 2.42. The molecule has 21 heavy (non-hydrogen) atoms. The van der Waals surface area contributed by atoms with Crippen molar-refractivity contribution in [3.05, 3.63) is 29.8 Å². The topological polar surface area (TPSA) is 35.5 Å². The van der Waals surface area contributed by atoms with Crippen LogP contribution < -0.4 is 4.74 Å². The second kappa shape index (κ2) is 6.61. The van der Waals surface area contributed by atoms with E-state index in [1.54, 1.807) is 0 Å². The molecule has 0 radical (unpaired) electrons. The Labute approximate surface area is 127 Å². The second-order valence-electron chi connectivity index (χ2n) is 6.38. The number of Topliss-reactive ketones (excluding diaryl/α,β-unsaturated/α-hetero) is 1. The van der Waals surface area contributed by atoms with Crippen LogP contribution in [0.5, 0.6) is 5.75 Å². The summed E-state index contributed by atoms with van der Waals surface area (Å²) < 4.78 is 11.4. The van der Waals surface area contributed by atoms with Gasteiger partial charge in [-0.05, 0) is 36.0 Å². The summed E-state index contributed by atoms with van der Waals surface area (Å²) in [7, 11) is 0. The summed E-state index contributed by atoms with van der Waals surface area (Å²) in [5.74, 6) is 0.963. The SMILES string of the molecule is CCCOC1C(=O)CC1Oc1ccc(C(C)(C)CC)cc1. The van der Waals surface area contributed by atoms with E-state index in [2.05, 4.69) is 32.9 Å². The Hall–Kier alpha value is -1.35. The van der Waals surface area contributed by atoms with Crippen LogP contribution in [-0.4, -0.2) is 24.6 Å². The summed E-state index contributed by atoms with van der Waals surface area (Å²) in [6.45, 7) is 9.32. The molecular weight excluding hydrogens is 264 g/mol. The highest BCUT2D eigenvalue weighted by Crippen LogP contribution is 2.30. The van der Waals surface area contributed by atoms with Gasteiger partial charge in [-0.1, -0.05) is 39.8 Å². The number of carbonyl (C=O) groups excluding carboxylic acids is 1. The standard InChI is InChI=1S/C18H26O3/c1-5-11-20-17-15(19)12-16(17)21-14-9-7-13(8-10-14)18(3,4)6-2/h7-10,16-17H,5-6,11-12H2,1-4H3. The summed E-state index contributed by atoms with van der Waals surface area (Å²) in [6, 6.07) is 8.21. The minimum Gasteiger partial charge on any atom is -0.487 e. The Bertz CT molecular complexity index is 476. The monoisotopic (exact) mass is 290 g/mol. The van der Waals surface area contributed by atoms with Crippen molar-refractivity contribution in [1.82, 2.24) is 0 Å². The van der Waals surface area contributed by atoms with Crippen molar-refractivity contribution >= 4 is 5.78 Å². The Morgan fingerprint density at radius 3 is 2.38 bits per heavy atom. The Balaban J connectivity index is 1.96. The average molecular weight is 290 g/mol. The maximum atomic E-state index is 11.6. The van der Waals surface area contributed by atoms with Crippen LogP contribution in [0.1, 0.15) is 52.5 Å². The normalized spacial score (nSPS) is 22.0. The van der Waals surface area contributed by atoms with Crippen molar-refractivity contribution in [1.29, 1.82) is 0 Å². The quantitative estimate of drug-likeness (QED) is 0.764. The van der Waals surface area contributed by atoms with Crippen LogP contribution in [0.2, 0.25) is 0 Å². The zero-order valence-electron chi connectivity index (χ0n) is 13.5. The molecule has 1 aromatic rings. The van der Waals surface area contributed by atoms with E-state index in [1.165, 1.54) is 5.56 Å². The van der Waals surface area contributed by atoms with Crippen molar-refractivity contribution < 1.29 is 14.3 Å². The third-order valence-corrected chi connectivity index (χ3v) is 4.37. The van der Waals surface area contributed by atoms with E-state index in [-0.39, 0.29) is 23.4 Å². The lowest BCUT2D eigenvalue weighted by atomic mass is 9.82. The van der Waals surface area contributed by atoms with E-state index in [0.29, 0.717) is 13.0 Å². The van der Waals surface area contributed by atoms with Crippen LogP contribution in [0.3, 0.4) is 0 Å². The molecule has 2 rings (SSSR count). The van der Waals surface area contributed by atoms with Gasteiger partial charge in [-0.3, -0.25) is 4.79 Å². The third kappa shape index (κ3) is 3.65. The number of ether oxygens (including phenoxy) is 2. The minimum absolute atomic E-state index is 0.130. The van der Waals surface area contributed by atoms with Crippen LogP contribution in [-0.2, 0) is 14.9 Å². The van der Waals surface area contributed by atoms with Gasteiger partial charge in [-0.15, -0.1) is 0 Å². The van der Waals surface area contributed by atoms with Gasteiger partial charge in [-0.25, -0.2) is 0 Å². The van der Waals surface area contributed by atoms with Crippen molar-refractivity contribution in [3.8, 4) is 5.75 Å². The van der Waals surface area contributed by atoms with Gasteiger partial charge in [0.05, 0.1) is 0 Å². The number of hydrogen-bond donors (Lipinski definition) is 0. The van der Waals surface area contributed by atoms with Gasteiger partial charge in [0.2, 0.25) is 0 Å². The molecule has 1 saturated carbocycles. The molecule has 1 fully saturated rings. The van der Waals surface area contributed by atoms with Crippen molar-refractivity contribution in [2.75, 3.05) is 6.61 Å². The molecule has 0 aliphatic heterocycles. The fourth-order valence-corrected chi connectivity index (χ4v) is 2.38. The number of benzene rings is 1. The fraction of sp³-hybridized carbons (Fsp3) is 0.611. The van der Waals surface area contributed by atoms with Gasteiger partial charge < -0.3 is 9.47 Å². The van der Waals surface area contributed by atoms with Gasteiger partial charge in [0.15, 0.2) is 11.9 Å². The molecule has 3 nitrogen and oxygen atoms in total. The lowest BCUT2D eigenvalue weighted by Gasteiger charge is -2.34. The summed E-state index contributed by atoms with van der Waals surface area (Å²) in [6.07, 6.45) is 1.95. The van der Waals surface area contributed by atoms with Crippen LogP contribution in [0.15, 0.2) is 24.3 Å². The summed E-state index contributed by atoms with van der Waals surface area (Å²) in [5.41, 5.74) is 1.48. The molecule has 2 atom stereocenters.